The summed E-state index contributed by atoms with van der Waals surface area (Å²) in [4.78, 5) is 30.9. The molecule has 0 unspecified atom stereocenters. The van der Waals surface area contributed by atoms with E-state index in [-0.39, 0.29) is 11.9 Å². The van der Waals surface area contributed by atoms with Crippen LogP contribution in [0.15, 0.2) is 42.9 Å². The molecule has 1 atom stereocenters. The Morgan fingerprint density at radius 3 is 3.04 bits per heavy atom. The number of likely N-dealkylation sites (tertiary alicyclic amines) is 1. The van der Waals surface area contributed by atoms with Crippen molar-refractivity contribution in [3.8, 4) is 0 Å². The zero-order valence-electron chi connectivity index (χ0n) is 13.4. The van der Waals surface area contributed by atoms with Crippen molar-refractivity contribution < 1.29 is 4.79 Å². The number of aryl methyl sites for hydroxylation is 1. The minimum absolute atomic E-state index is 0.0573. The largest absolute Gasteiger partial charge is 0.342 e. The average molecular weight is 321 g/mol. The van der Waals surface area contributed by atoms with Gasteiger partial charge in [-0.25, -0.2) is 4.98 Å². The van der Waals surface area contributed by atoms with Crippen molar-refractivity contribution in [1.82, 2.24) is 24.8 Å². The number of carbonyl (C=O) groups excluding carboxylic acids is 1. The molecule has 1 saturated heterocycles. The predicted molar refractivity (Wildman–Crippen MR) is 90.1 cm³/mol. The molecule has 6 nitrogen and oxygen atoms in total. The Morgan fingerprint density at radius 2 is 2.21 bits per heavy atom. The normalized spacial score (nSPS) is 17.5. The summed E-state index contributed by atoms with van der Waals surface area (Å²) in [6.07, 6.45) is 8.15. The number of para-hydroxylation sites is 2. The molecule has 1 N–H and O–H groups in total. The maximum atomic E-state index is 12.7. The summed E-state index contributed by atoms with van der Waals surface area (Å²) in [5, 5.41) is 0. The molecule has 2 aromatic heterocycles. The number of rotatable bonds is 4. The zero-order valence-corrected chi connectivity index (χ0v) is 13.4. The molecule has 1 amide bonds. The van der Waals surface area contributed by atoms with Crippen molar-refractivity contribution in [2.24, 2.45) is 0 Å². The van der Waals surface area contributed by atoms with E-state index < -0.39 is 0 Å². The molecule has 122 valence electrons. The highest BCUT2D eigenvalue weighted by Gasteiger charge is 2.30. The standard InChI is InChI=1S/C18H19N5O/c24-18(8-7-17-21-13-4-1-2-5-14(13)22-17)23-11-3-6-16(23)15-12-19-9-10-20-15/h1-2,4-5,9-10,12,16H,3,6-8,11H2,(H,21,22)/t16-/m1/s1. The highest BCUT2D eigenvalue weighted by molar-refractivity contribution is 5.78. The van der Waals surface area contributed by atoms with Gasteiger partial charge in [-0.3, -0.25) is 14.8 Å². The first-order chi connectivity index (χ1) is 11.8. The number of H-pyrrole nitrogens is 1. The molecule has 0 saturated carbocycles. The van der Waals surface area contributed by atoms with Gasteiger partial charge in [0.25, 0.3) is 0 Å². The van der Waals surface area contributed by atoms with Gasteiger partial charge >= 0.3 is 0 Å². The lowest BCUT2D eigenvalue weighted by molar-refractivity contribution is -0.132. The number of aromatic amines is 1. The third-order valence-electron chi connectivity index (χ3n) is 4.51. The summed E-state index contributed by atoms with van der Waals surface area (Å²) < 4.78 is 0. The Labute approximate surface area is 140 Å². The maximum absolute atomic E-state index is 12.7. The van der Waals surface area contributed by atoms with Crippen molar-refractivity contribution in [1.29, 1.82) is 0 Å². The first-order valence-corrected chi connectivity index (χ1v) is 8.30. The fourth-order valence-corrected chi connectivity index (χ4v) is 3.35. The van der Waals surface area contributed by atoms with Gasteiger partial charge in [0.1, 0.15) is 5.82 Å². The number of benzene rings is 1. The number of hydrogen-bond donors (Lipinski definition) is 1. The number of amides is 1. The van der Waals surface area contributed by atoms with E-state index in [4.69, 9.17) is 0 Å². The molecule has 24 heavy (non-hydrogen) atoms. The lowest BCUT2D eigenvalue weighted by Crippen LogP contribution is -2.31. The van der Waals surface area contributed by atoms with Crippen LogP contribution < -0.4 is 0 Å². The van der Waals surface area contributed by atoms with E-state index in [1.54, 1.807) is 18.6 Å². The second-order valence-corrected chi connectivity index (χ2v) is 6.08. The van der Waals surface area contributed by atoms with E-state index in [0.717, 1.165) is 41.9 Å². The van der Waals surface area contributed by atoms with E-state index >= 15 is 0 Å². The number of nitrogens with zero attached hydrogens (tertiary/aromatic N) is 4. The molecule has 0 radical (unpaired) electrons. The number of aromatic nitrogens is 4. The molecule has 0 spiro atoms. The van der Waals surface area contributed by atoms with Gasteiger partial charge in [0.05, 0.1) is 29.0 Å². The van der Waals surface area contributed by atoms with E-state index in [9.17, 15) is 4.79 Å². The Morgan fingerprint density at radius 1 is 1.29 bits per heavy atom. The molecule has 1 aromatic carbocycles. The van der Waals surface area contributed by atoms with Gasteiger partial charge in [-0.1, -0.05) is 12.1 Å². The Balaban J connectivity index is 1.43. The Kier molecular flexibility index (Phi) is 3.94. The molecule has 0 bridgehead atoms. The molecular weight excluding hydrogens is 302 g/mol. The minimum atomic E-state index is 0.0573. The quantitative estimate of drug-likeness (QED) is 0.801. The molecule has 3 aromatic rings. The zero-order chi connectivity index (χ0) is 16.4. The summed E-state index contributed by atoms with van der Waals surface area (Å²) in [7, 11) is 0. The minimum Gasteiger partial charge on any atom is -0.342 e. The third kappa shape index (κ3) is 2.87. The van der Waals surface area contributed by atoms with Gasteiger partial charge in [0, 0.05) is 31.8 Å². The van der Waals surface area contributed by atoms with Crippen LogP contribution >= 0.6 is 0 Å². The van der Waals surface area contributed by atoms with Crippen molar-refractivity contribution in [2.75, 3.05) is 6.54 Å². The highest BCUT2D eigenvalue weighted by Crippen LogP contribution is 2.30. The first kappa shape index (κ1) is 14.8. The van der Waals surface area contributed by atoms with Gasteiger partial charge in [0.15, 0.2) is 0 Å². The van der Waals surface area contributed by atoms with Crippen LogP contribution in [0.3, 0.4) is 0 Å². The lowest BCUT2D eigenvalue weighted by atomic mass is 10.1. The summed E-state index contributed by atoms with van der Waals surface area (Å²) in [6.45, 7) is 0.792. The number of fused-ring (bicyclic) bond motifs is 1. The van der Waals surface area contributed by atoms with Gasteiger partial charge in [-0.15, -0.1) is 0 Å². The van der Waals surface area contributed by atoms with Gasteiger partial charge in [0.2, 0.25) is 5.91 Å². The van der Waals surface area contributed by atoms with Gasteiger partial charge in [-0.05, 0) is 25.0 Å². The van der Waals surface area contributed by atoms with Crippen LogP contribution in [-0.4, -0.2) is 37.3 Å². The number of carbonyl (C=O) groups is 1. The monoisotopic (exact) mass is 321 g/mol. The van der Waals surface area contributed by atoms with Crippen molar-refractivity contribution >= 4 is 16.9 Å². The van der Waals surface area contributed by atoms with Crippen LogP contribution in [0.4, 0.5) is 0 Å². The smallest absolute Gasteiger partial charge is 0.223 e. The topological polar surface area (TPSA) is 74.8 Å². The molecule has 1 aliphatic rings. The fraction of sp³-hybridized carbons (Fsp3) is 0.333. The summed E-state index contributed by atoms with van der Waals surface area (Å²) in [6, 6.07) is 7.97. The van der Waals surface area contributed by atoms with Crippen LogP contribution in [-0.2, 0) is 11.2 Å². The SMILES string of the molecule is O=C(CCc1nc2ccccc2[nH]1)N1CCC[C@@H]1c1cnccn1. The molecule has 4 rings (SSSR count). The number of nitrogens with one attached hydrogen (secondary N) is 1. The molecule has 1 aliphatic heterocycles. The molecule has 1 fully saturated rings. The van der Waals surface area contributed by atoms with Crippen LogP contribution in [0, 0.1) is 0 Å². The Bertz CT molecular complexity index is 812. The second kappa shape index (κ2) is 6.39. The Hall–Kier alpha value is -2.76. The molecular formula is C18H19N5O. The summed E-state index contributed by atoms with van der Waals surface area (Å²) in [5.41, 5.74) is 2.84. The fourth-order valence-electron chi connectivity index (χ4n) is 3.35. The molecule has 3 heterocycles. The van der Waals surface area contributed by atoms with Crippen LogP contribution in [0.1, 0.15) is 36.8 Å². The maximum Gasteiger partial charge on any atom is 0.223 e. The second-order valence-electron chi connectivity index (χ2n) is 6.08. The molecule has 6 heteroatoms. The third-order valence-corrected chi connectivity index (χ3v) is 4.51. The number of imidazole rings is 1. The van der Waals surface area contributed by atoms with Gasteiger partial charge in [-0.2, -0.15) is 0 Å². The van der Waals surface area contributed by atoms with E-state index in [0.29, 0.717) is 12.8 Å². The summed E-state index contributed by atoms with van der Waals surface area (Å²) in [5.74, 6) is 1.02. The lowest BCUT2D eigenvalue weighted by Gasteiger charge is -2.24. The van der Waals surface area contributed by atoms with Gasteiger partial charge < -0.3 is 9.88 Å². The van der Waals surface area contributed by atoms with E-state index in [1.165, 1.54) is 0 Å². The number of hydrogen-bond acceptors (Lipinski definition) is 4. The predicted octanol–water partition coefficient (Wildman–Crippen LogP) is 2.65. The first-order valence-electron chi connectivity index (χ1n) is 8.30. The van der Waals surface area contributed by atoms with Crippen molar-refractivity contribution in [2.45, 2.75) is 31.7 Å². The van der Waals surface area contributed by atoms with Crippen molar-refractivity contribution in [3.63, 3.8) is 0 Å². The van der Waals surface area contributed by atoms with Crippen molar-refractivity contribution in [3.05, 3.63) is 54.4 Å². The van der Waals surface area contributed by atoms with E-state index in [2.05, 4.69) is 19.9 Å². The summed E-state index contributed by atoms with van der Waals surface area (Å²) >= 11 is 0. The average Bonchev–Trinajstić information content (AvgIpc) is 3.27. The van der Waals surface area contributed by atoms with Crippen LogP contribution in [0.2, 0.25) is 0 Å². The molecule has 0 aliphatic carbocycles. The van der Waals surface area contributed by atoms with E-state index in [1.807, 2.05) is 29.2 Å². The van der Waals surface area contributed by atoms with Crippen LogP contribution in [0.5, 0.6) is 0 Å². The highest BCUT2D eigenvalue weighted by atomic mass is 16.2. The van der Waals surface area contributed by atoms with Crippen LogP contribution in [0.25, 0.3) is 11.0 Å².